The van der Waals surface area contributed by atoms with Crippen LogP contribution in [-0.2, 0) is 17.6 Å². The Balaban J connectivity index is 1.45. The van der Waals surface area contributed by atoms with Gasteiger partial charge in [-0.25, -0.2) is 9.97 Å². The third kappa shape index (κ3) is 15.9. The van der Waals surface area contributed by atoms with E-state index in [0.29, 0.717) is 19.4 Å². The van der Waals surface area contributed by atoms with Gasteiger partial charge in [0.25, 0.3) is 5.91 Å². The highest BCUT2D eigenvalue weighted by Gasteiger charge is 2.38. The summed E-state index contributed by atoms with van der Waals surface area (Å²) in [7, 11) is 0. The predicted molar refractivity (Wildman–Crippen MR) is 226 cm³/mol. The number of anilines is 2. The summed E-state index contributed by atoms with van der Waals surface area (Å²) < 4.78 is -1.59. The molecule has 62 heavy (non-hydrogen) atoms. The largest absolute Gasteiger partial charge is 0.633 e. The maximum atomic E-state index is 13.8. The molecule has 1 heterocycles. The number of nitrogen functional groups attached to an aromatic ring is 2. The van der Waals surface area contributed by atoms with Crippen LogP contribution in [0.3, 0.4) is 0 Å². The smallest absolute Gasteiger partial charge is 0.280 e. The summed E-state index contributed by atoms with van der Waals surface area (Å²) in [5, 5.41) is 128. The first-order valence-corrected chi connectivity index (χ1v) is 20.1. The van der Waals surface area contributed by atoms with E-state index >= 15 is 0 Å². The normalized spacial score (nSPS) is 15.7. The van der Waals surface area contributed by atoms with Gasteiger partial charge in [-0.15, -0.1) is 0 Å². The SMILES string of the molecule is N=C(NCCCCc1ccc(-c2ccc(CCC(=O)NCC[N+]([O-])(C[C@H](O)[C@@H](O)[C@H](O)[C@H](O)CO)C[C@H](O)[C@@H](O)[C@H](O)[C@H](O)CO)cc2)cc1)NC(=O)c1nc(Cl)c(N)nc1N. The number of rotatable bonds is 25. The molecule has 0 unspecified atom stereocenters. The first-order chi connectivity index (χ1) is 29.3. The number of aliphatic hydroxyl groups excluding tert-OH is 10. The molecule has 2 aromatic carbocycles. The summed E-state index contributed by atoms with van der Waals surface area (Å²) in [6.07, 6.45) is -13.4. The molecular weight excluding hydrogens is 838 g/mol. The number of nitrogens with two attached hydrogens (primary N) is 2. The first kappa shape index (κ1) is 51.7. The maximum absolute atomic E-state index is 13.8. The topological polar surface area (TPSA) is 397 Å². The van der Waals surface area contributed by atoms with Gasteiger partial charge in [-0.3, -0.25) is 20.3 Å². The van der Waals surface area contributed by atoms with Crippen molar-refractivity contribution < 1.29 is 65.3 Å². The van der Waals surface area contributed by atoms with Gasteiger partial charge >= 0.3 is 0 Å². The van der Waals surface area contributed by atoms with Crippen LogP contribution < -0.4 is 27.4 Å². The molecule has 0 saturated heterocycles. The second kappa shape index (κ2) is 24.8. The van der Waals surface area contributed by atoms with E-state index in [9.17, 15) is 55.6 Å². The van der Waals surface area contributed by atoms with Crippen LogP contribution in [0.25, 0.3) is 11.1 Å². The van der Waals surface area contributed by atoms with Crippen molar-refractivity contribution in [3.8, 4) is 11.1 Å². The predicted octanol–water partition coefficient (Wildman–Crippen LogP) is -3.53. The molecule has 344 valence electrons. The third-order valence-corrected chi connectivity index (χ3v) is 10.2. The number of hydrogen-bond acceptors (Lipinski definition) is 18. The Labute approximate surface area is 362 Å². The lowest BCUT2D eigenvalue weighted by Crippen LogP contribution is -2.60. The Morgan fingerprint density at radius 1 is 0.694 bits per heavy atom. The van der Waals surface area contributed by atoms with Crippen molar-refractivity contribution in [3.63, 3.8) is 0 Å². The molecule has 3 rings (SSSR count). The number of aryl methyl sites for hydroxylation is 2. The van der Waals surface area contributed by atoms with Crippen molar-refractivity contribution in [2.24, 2.45) is 0 Å². The standard InChI is InChI=1S/C39H58ClN9O13/c40-35-37(42)47-36(41)30(46-35)38(61)48-39(43)45-14-2-1-3-21-4-9-23(10-5-21)24-11-6-22(7-12-24)8-13-29(56)44-15-16-49(62,17-25(52)31(57)33(59)27(54)19-50)18-26(53)32(58)34(60)28(55)20-51/h4-7,9-12,25-28,31-34,50-55,57-60H,1-3,8,13-20H2,(H,44,56)(H4,41,42,47)(H3,43,45,48,61)/t25-,26-,27+,28+,31+,32+,33+,34+/m0/s1. The highest BCUT2D eigenvalue weighted by molar-refractivity contribution is 6.31. The Hall–Kier alpha value is -4.66. The van der Waals surface area contributed by atoms with Gasteiger partial charge in [-0.1, -0.05) is 60.1 Å². The number of hydrogen-bond donors (Lipinski definition) is 16. The second-order valence-corrected chi connectivity index (χ2v) is 15.2. The summed E-state index contributed by atoms with van der Waals surface area (Å²) >= 11 is 5.81. The van der Waals surface area contributed by atoms with E-state index in [1.165, 1.54) is 0 Å². The number of carbonyl (C=O) groups excluding carboxylic acids is 2. The lowest BCUT2D eigenvalue weighted by Gasteiger charge is -2.46. The molecule has 0 spiro atoms. The molecule has 22 nitrogen and oxygen atoms in total. The first-order valence-electron chi connectivity index (χ1n) is 19.7. The quantitative estimate of drug-likeness (QED) is 0.0129. The zero-order valence-electron chi connectivity index (χ0n) is 33.8. The number of aliphatic hydroxyl groups is 10. The summed E-state index contributed by atoms with van der Waals surface area (Å²) in [5.41, 5.74) is 14.8. The molecule has 23 heteroatoms. The number of nitrogens with zero attached hydrogens (tertiary/aromatic N) is 3. The van der Waals surface area contributed by atoms with Gasteiger partial charge in [-0.2, -0.15) is 0 Å². The molecular formula is C39H58ClN9O13. The Morgan fingerprint density at radius 3 is 1.68 bits per heavy atom. The maximum Gasteiger partial charge on any atom is 0.280 e. The number of amides is 2. The van der Waals surface area contributed by atoms with Gasteiger partial charge in [-0.05, 0) is 47.9 Å². The highest BCUT2D eigenvalue weighted by Crippen LogP contribution is 2.22. The van der Waals surface area contributed by atoms with E-state index in [0.717, 1.165) is 35.1 Å². The molecule has 0 bridgehead atoms. The van der Waals surface area contributed by atoms with Crippen LogP contribution in [0, 0.1) is 10.6 Å². The van der Waals surface area contributed by atoms with Crippen LogP contribution >= 0.6 is 11.6 Å². The Kier molecular flexibility index (Phi) is 20.7. The van der Waals surface area contributed by atoms with E-state index in [2.05, 4.69) is 25.9 Å². The minimum absolute atomic E-state index is 0.0284. The monoisotopic (exact) mass is 895 g/mol. The molecule has 8 atom stereocenters. The van der Waals surface area contributed by atoms with Crippen LogP contribution in [0.15, 0.2) is 48.5 Å². The summed E-state index contributed by atoms with van der Waals surface area (Å²) in [5.74, 6) is -1.74. The number of halogens is 1. The molecule has 3 aromatic rings. The molecule has 1 aromatic heterocycles. The number of hydroxylamine groups is 3. The molecule has 2 amide bonds. The second-order valence-electron chi connectivity index (χ2n) is 14.8. The number of carbonyl (C=O) groups is 2. The van der Waals surface area contributed by atoms with Crippen LogP contribution in [0.1, 0.15) is 40.9 Å². The number of aromatic nitrogens is 2. The molecule has 0 fully saturated rings. The average molecular weight is 896 g/mol. The number of guanidine groups is 1. The van der Waals surface area contributed by atoms with Crippen LogP contribution in [0.5, 0.6) is 0 Å². The molecule has 0 radical (unpaired) electrons. The number of unbranched alkanes of at least 4 members (excludes halogenated alkanes) is 1. The summed E-state index contributed by atoms with van der Waals surface area (Å²) in [4.78, 5) is 32.6. The molecule has 18 N–H and O–H groups in total. The van der Waals surface area contributed by atoms with Crippen molar-refractivity contribution >= 4 is 41.0 Å². The molecule has 0 aliphatic heterocycles. The van der Waals surface area contributed by atoms with Gasteiger partial charge in [0, 0.05) is 13.0 Å². The van der Waals surface area contributed by atoms with Crippen molar-refractivity contribution in [2.45, 2.75) is 80.9 Å². The zero-order chi connectivity index (χ0) is 46.1. The van der Waals surface area contributed by atoms with Crippen LogP contribution in [-0.4, -0.2) is 178 Å². The van der Waals surface area contributed by atoms with Crippen LogP contribution in [0.4, 0.5) is 11.6 Å². The summed E-state index contributed by atoms with van der Waals surface area (Å²) in [6.45, 7) is -4.21. The minimum atomic E-state index is -2.12. The van der Waals surface area contributed by atoms with Crippen LogP contribution in [0.2, 0.25) is 5.15 Å². The Morgan fingerprint density at radius 2 is 1.18 bits per heavy atom. The van der Waals surface area contributed by atoms with Crippen molar-refractivity contribution in [2.75, 3.05) is 57.4 Å². The zero-order valence-corrected chi connectivity index (χ0v) is 34.6. The lowest BCUT2D eigenvalue weighted by atomic mass is 9.99. The van der Waals surface area contributed by atoms with E-state index in [4.69, 9.17) is 38.7 Å². The fourth-order valence-electron chi connectivity index (χ4n) is 6.25. The van der Waals surface area contributed by atoms with Gasteiger partial charge in [0.05, 0.1) is 26.3 Å². The fourth-order valence-corrected chi connectivity index (χ4v) is 6.37. The third-order valence-electron chi connectivity index (χ3n) is 9.97. The number of nitrogens with one attached hydrogen (secondary N) is 4. The minimum Gasteiger partial charge on any atom is -0.633 e. The van der Waals surface area contributed by atoms with Gasteiger partial charge in [0.2, 0.25) is 5.91 Å². The van der Waals surface area contributed by atoms with E-state index in [1.807, 2.05) is 48.5 Å². The highest BCUT2D eigenvalue weighted by atomic mass is 35.5. The average Bonchev–Trinajstić information content (AvgIpc) is 3.25. The molecule has 0 aliphatic carbocycles. The van der Waals surface area contributed by atoms with Gasteiger partial charge < -0.3 is 83.0 Å². The van der Waals surface area contributed by atoms with Gasteiger partial charge in [0.1, 0.15) is 61.9 Å². The van der Waals surface area contributed by atoms with Crippen molar-refractivity contribution in [3.05, 3.63) is 75.7 Å². The van der Waals surface area contributed by atoms with E-state index in [-0.39, 0.29) is 41.4 Å². The number of quaternary nitrogens is 1. The Bertz CT molecular complexity index is 1850. The van der Waals surface area contributed by atoms with Gasteiger partial charge in [0.15, 0.2) is 28.4 Å². The van der Waals surface area contributed by atoms with E-state index in [1.54, 1.807) is 0 Å². The van der Waals surface area contributed by atoms with E-state index < -0.39 is 98.1 Å². The van der Waals surface area contributed by atoms with Crippen molar-refractivity contribution in [1.29, 1.82) is 5.41 Å². The molecule has 0 saturated carbocycles. The van der Waals surface area contributed by atoms with Crippen molar-refractivity contribution in [1.82, 2.24) is 25.9 Å². The number of benzene rings is 2. The fraction of sp³-hybridized carbons (Fsp3) is 0.513. The lowest BCUT2D eigenvalue weighted by molar-refractivity contribution is -0.886. The molecule has 0 aliphatic rings. The summed E-state index contributed by atoms with van der Waals surface area (Å²) in [6, 6.07) is 15.6.